The third-order valence-electron chi connectivity index (χ3n) is 0.736. The summed E-state index contributed by atoms with van der Waals surface area (Å²) in [6.07, 6.45) is -0.188. The van der Waals surface area contributed by atoms with Crippen molar-refractivity contribution in [2.75, 3.05) is 5.88 Å². The van der Waals surface area contributed by atoms with Gasteiger partial charge in [0.25, 0.3) is 0 Å². The van der Waals surface area contributed by atoms with Crippen molar-refractivity contribution < 1.29 is 4.43 Å². The molecule has 0 rings (SSSR count). The monoisotopic (exact) mass is 192 g/mol. The van der Waals surface area contributed by atoms with E-state index in [1.807, 2.05) is 0 Å². The molecular weight excluding hydrogens is 186 g/mol. The fraction of sp³-hybridized carbons (Fsp3) is 1.00. The molecule has 0 aliphatic heterocycles. The second-order valence-corrected chi connectivity index (χ2v) is 3.21. The van der Waals surface area contributed by atoms with Crippen LogP contribution in [0, 0.1) is 0 Å². The van der Waals surface area contributed by atoms with E-state index in [1.54, 1.807) is 0 Å². The topological polar surface area (TPSA) is 9.23 Å². The van der Waals surface area contributed by atoms with Gasteiger partial charge >= 0.3 is 0 Å². The lowest BCUT2D eigenvalue weighted by atomic mass is 10.5. The molecule has 0 amide bonds. The molecule has 0 radical (unpaired) electrons. The molecular formula is C3H7Cl3OSi. The van der Waals surface area contributed by atoms with Gasteiger partial charge in [-0.15, -0.1) is 34.8 Å². The molecule has 0 aliphatic carbocycles. The summed E-state index contributed by atoms with van der Waals surface area (Å²) in [5.41, 5.74) is 0. The molecule has 0 saturated carbocycles. The van der Waals surface area contributed by atoms with Crippen molar-refractivity contribution in [2.45, 2.75) is 10.9 Å². The molecule has 50 valence electrons. The summed E-state index contributed by atoms with van der Waals surface area (Å²) in [6.45, 7) is 0. The first-order valence-electron chi connectivity index (χ1n) is 2.09. The molecule has 1 unspecified atom stereocenters. The molecule has 0 heterocycles. The van der Waals surface area contributed by atoms with Crippen molar-refractivity contribution in [1.82, 2.24) is 0 Å². The molecule has 0 spiro atoms. The predicted molar refractivity (Wildman–Crippen MR) is 41.0 cm³/mol. The molecule has 1 atom stereocenters. The smallest absolute Gasteiger partial charge is 0.146 e. The Morgan fingerprint density at radius 3 is 2.00 bits per heavy atom. The molecule has 0 aromatic carbocycles. The minimum Gasteiger partial charge on any atom is -0.421 e. The number of alkyl halides is 3. The maximum Gasteiger partial charge on any atom is 0.146 e. The molecule has 0 aliphatic rings. The standard InChI is InChI=1S/C3H7Cl3OSi/c4-1-2(7-8)3(5)6/h2-3H,1H2,8H3. The van der Waals surface area contributed by atoms with Crippen LogP contribution in [0.5, 0.6) is 0 Å². The van der Waals surface area contributed by atoms with E-state index in [2.05, 4.69) is 0 Å². The molecule has 0 bridgehead atoms. The van der Waals surface area contributed by atoms with Crippen LogP contribution < -0.4 is 0 Å². The molecule has 0 aromatic heterocycles. The second-order valence-electron chi connectivity index (χ2n) is 1.26. The summed E-state index contributed by atoms with van der Waals surface area (Å²) in [6, 6.07) is 0. The van der Waals surface area contributed by atoms with Crippen molar-refractivity contribution in [3.05, 3.63) is 0 Å². The highest BCUT2D eigenvalue weighted by molar-refractivity contribution is 6.45. The molecule has 1 nitrogen and oxygen atoms in total. The van der Waals surface area contributed by atoms with Gasteiger partial charge in [-0.2, -0.15) is 0 Å². The Morgan fingerprint density at radius 2 is 2.00 bits per heavy atom. The average Bonchev–Trinajstić information content (AvgIpc) is 1.69. The Morgan fingerprint density at radius 1 is 1.50 bits per heavy atom. The highest BCUT2D eigenvalue weighted by Crippen LogP contribution is 2.11. The molecule has 0 fully saturated rings. The average molecular weight is 194 g/mol. The largest absolute Gasteiger partial charge is 0.421 e. The predicted octanol–water partition coefficient (Wildman–Crippen LogP) is 0.694. The Balaban J connectivity index is 3.35. The minimum atomic E-state index is -0.495. The summed E-state index contributed by atoms with van der Waals surface area (Å²) in [4.78, 5) is -0.495. The maximum atomic E-state index is 5.42. The third-order valence-corrected chi connectivity index (χ3v) is 2.21. The lowest BCUT2D eigenvalue weighted by molar-refractivity contribution is 0.263. The van der Waals surface area contributed by atoms with E-state index in [0.717, 1.165) is 0 Å². The number of rotatable bonds is 3. The van der Waals surface area contributed by atoms with Crippen molar-refractivity contribution in [1.29, 1.82) is 0 Å². The van der Waals surface area contributed by atoms with E-state index in [9.17, 15) is 0 Å². The zero-order chi connectivity index (χ0) is 6.57. The number of halogens is 3. The van der Waals surface area contributed by atoms with Crippen LogP contribution in [0.1, 0.15) is 0 Å². The first-order chi connectivity index (χ1) is 3.72. The molecule has 8 heavy (non-hydrogen) atoms. The van der Waals surface area contributed by atoms with Gasteiger partial charge in [0.05, 0.1) is 12.0 Å². The van der Waals surface area contributed by atoms with Crippen molar-refractivity contribution in [3.8, 4) is 0 Å². The van der Waals surface area contributed by atoms with E-state index >= 15 is 0 Å². The normalized spacial score (nSPS) is 15.0. The highest BCUT2D eigenvalue weighted by atomic mass is 35.5. The Labute approximate surface area is 66.8 Å². The zero-order valence-electron chi connectivity index (χ0n) is 4.40. The zero-order valence-corrected chi connectivity index (χ0v) is 8.67. The Kier molecular flexibility index (Phi) is 5.52. The van der Waals surface area contributed by atoms with Crippen LogP contribution in [0.15, 0.2) is 0 Å². The first kappa shape index (κ1) is 9.05. The van der Waals surface area contributed by atoms with Gasteiger partial charge in [0.1, 0.15) is 15.3 Å². The number of hydrogen-bond acceptors (Lipinski definition) is 1. The summed E-state index contributed by atoms with van der Waals surface area (Å²) in [7, 11) is 0.626. The van der Waals surface area contributed by atoms with Crippen LogP contribution >= 0.6 is 34.8 Å². The van der Waals surface area contributed by atoms with Gasteiger partial charge in [-0.1, -0.05) is 0 Å². The fourth-order valence-electron chi connectivity index (χ4n) is 0.233. The van der Waals surface area contributed by atoms with Gasteiger partial charge < -0.3 is 4.43 Å². The van der Waals surface area contributed by atoms with Gasteiger partial charge in [-0.05, 0) is 0 Å². The van der Waals surface area contributed by atoms with E-state index in [4.69, 9.17) is 39.2 Å². The van der Waals surface area contributed by atoms with Crippen LogP contribution in [-0.4, -0.2) is 27.3 Å². The summed E-state index contributed by atoms with van der Waals surface area (Å²) in [5, 5.41) is 0. The van der Waals surface area contributed by atoms with Gasteiger partial charge in [-0.25, -0.2) is 0 Å². The molecule has 5 heteroatoms. The summed E-state index contributed by atoms with van der Waals surface area (Å²) in [5.74, 6) is 0.362. The van der Waals surface area contributed by atoms with Crippen molar-refractivity contribution in [3.63, 3.8) is 0 Å². The van der Waals surface area contributed by atoms with Crippen LogP contribution in [0.4, 0.5) is 0 Å². The lowest BCUT2D eigenvalue weighted by Crippen LogP contribution is -2.20. The van der Waals surface area contributed by atoms with Gasteiger partial charge in [0.2, 0.25) is 0 Å². The quantitative estimate of drug-likeness (QED) is 0.474. The summed E-state index contributed by atoms with van der Waals surface area (Å²) < 4.78 is 4.90. The third kappa shape index (κ3) is 3.15. The van der Waals surface area contributed by atoms with Crippen LogP contribution in [-0.2, 0) is 4.43 Å². The highest BCUT2D eigenvalue weighted by Gasteiger charge is 2.12. The minimum absolute atomic E-state index is 0.188. The van der Waals surface area contributed by atoms with Gasteiger partial charge in [0.15, 0.2) is 0 Å². The van der Waals surface area contributed by atoms with Crippen molar-refractivity contribution >= 4 is 45.3 Å². The Bertz CT molecular complexity index is 56.5. The molecule has 0 aromatic rings. The van der Waals surface area contributed by atoms with E-state index in [1.165, 1.54) is 0 Å². The maximum absolute atomic E-state index is 5.42. The van der Waals surface area contributed by atoms with Crippen LogP contribution in [0.2, 0.25) is 0 Å². The Hall–Kier alpha value is 1.05. The van der Waals surface area contributed by atoms with Crippen LogP contribution in [0.25, 0.3) is 0 Å². The lowest BCUT2D eigenvalue weighted by Gasteiger charge is -2.11. The SMILES string of the molecule is [SiH3]OC(CCl)C(Cl)Cl. The summed E-state index contributed by atoms with van der Waals surface area (Å²) >= 11 is 16.2. The number of hydrogen-bond donors (Lipinski definition) is 0. The fourth-order valence-corrected chi connectivity index (χ4v) is 2.10. The molecule has 0 saturated heterocycles. The van der Waals surface area contributed by atoms with Crippen molar-refractivity contribution in [2.24, 2.45) is 0 Å². The van der Waals surface area contributed by atoms with E-state index < -0.39 is 4.84 Å². The van der Waals surface area contributed by atoms with Crippen LogP contribution in [0.3, 0.4) is 0 Å². The van der Waals surface area contributed by atoms with E-state index in [0.29, 0.717) is 16.4 Å². The second kappa shape index (κ2) is 4.88. The molecule has 0 N–H and O–H groups in total. The van der Waals surface area contributed by atoms with Gasteiger partial charge in [-0.3, -0.25) is 0 Å². The van der Waals surface area contributed by atoms with E-state index in [-0.39, 0.29) is 6.10 Å². The van der Waals surface area contributed by atoms with Gasteiger partial charge in [0, 0.05) is 0 Å². The first-order valence-corrected chi connectivity index (χ1v) is 4.31.